The van der Waals surface area contributed by atoms with Gasteiger partial charge in [0.15, 0.2) is 17.3 Å². The quantitative estimate of drug-likeness (QED) is 0.808. The van der Waals surface area contributed by atoms with Crippen molar-refractivity contribution in [2.75, 3.05) is 19.9 Å². The van der Waals surface area contributed by atoms with Crippen LogP contribution in [-0.4, -0.2) is 46.9 Å². The van der Waals surface area contributed by atoms with E-state index in [2.05, 4.69) is 10.1 Å². The number of hydrogen-bond acceptors (Lipinski definition) is 7. The van der Waals surface area contributed by atoms with Crippen LogP contribution in [0.15, 0.2) is 22.7 Å². The Morgan fingerprint density at radius 1 is 1.35 bits per heavy atom. The monoisotopic (exact) mass is 359 g/mol. The number of benzene rings is 1. The minimum atomic E-state index is -0.0429. The molecule has 1 aromatic heterocycles. The summed E-state index contributed by atoms with van der Waals surface area (Å²) in [6.07, 6.45) is 2.48. The van der Waals surface area contributed by atoms with E-state index in [4.69, 9.17) is 18.7 Å². The minimum Gasteiger partial charge on any atom is -0.454 e. The number of fused-ring (bicyclic) bond motifs is 1. The van der Waals surface area contributed by atoms with Crippen LogP contribution in [0.25, 0.3) is 0 Å². The minimum absolute atomic E-state index is 0.0253. The zero-order valence-electron chi connectivity index (χ0n) is 14.6. The number of aryl methyl sites for hydroxylation is 1. The molecule has 1 unspecified atom stereocenters. The first-order chi connectivity index (χ1) is 12.7. The standard InChI is InChI=1S/C18H21N3O5/c1-2-16-19-17(26-20-16)10-23-13-4-3-7-21(9-13)18(22)12-5-6-14-15(8-12)25-11-24-14/h5-6,8,13H,2-4,7,9-11H2,1H3. The van der Waals surface area contributed by atoms with Crippen molar-refractivity contribution >= 4 is 5.91 Å². The average Bonchev–Trinajstić information content (AvgIpc) is 3.34. The van der Waals surface area contributed by atoms with Crippen LogP contribution in [0.1, 0.15) is 41.8 Å². The molecule has 0 aliphatic carbocycles. The van der Waals surface area contributed by atoms with E-state index < -0.39 is 0 Å². The lowest BCUT2D eigenvalue weighted by Crippen LogP contribution is -2.43. The number of rotatable bonds is 5. The predicted octanol–water partition coefficient (Wildman–Crippen LogP) is 2.18. The lowest BCUT2D eigenvalue weighted by atomic mass is 10.1. The SMILES string of the molecule is CCc1noc(COC2CCCN(C(=O)c3ccc4c(c3)OCO4)C2)n1. The van der Waals surface area contributed by atoms with E-state index in [1.807, 2.05) is 11.8 Å². The van der Waals surface area contributed by atoms with Gasteiger partial charge < -0.3 is 23.6 Å². The highest BCUT2D eigenvalue weighted by atomic mass is 16.7. The number of likely N-dealkylation sites (tertiary alicyclic amines) is 1. The third-order valence-corrected chi connectivity index (χ3v) is 4.55. The van der Waals surface area contributed by atoms with Crippen LogP contribution in [0.5, 0.6) is 11.5 Å². The second-order valence-electron chi connectivity index (χ2n) is 6.35. The van der Waals surface area contributed by atoms with Crippen LogP contribution in [-0.2, 0) is 17.8 Å². The first-order valence-corrected chi connectivity index (χ1v) is 8.85. The summed E-state index contributed by atoms with van der Waals surface area (Å²) in [5, 5.41) is 3.86. The molecule has 0 N–H and O–H groups in total. The normalized spacial score (nSPS) is 19.0. The van der Waals surface area contributed by atoms with Gasteiger partial charge in [-0.2, -0.15) is 4.98 Å². The zero-order valence-corrected chi connectivity index (χ0v) is 14.6. The summed E-state index contributed by atoms with van der Waals surface area (Å²) >= 11 is 0. The van der Waals surface area contributed by atoms with Gasteiger partial charge in [0.1, 0.15) is 6.61 Å². The third-order valence-electron chi connectivity index (χ3n) is 4.55. The zero-order chi connectivity index (χ0) is 17.9. The van der Waals surface area contributed by atoms with Crippen molar-refractivity contribution in [3.8, 4) is 11.5 Å². The molecule has 8 nitrogen and oxygen atoms in total. The maximum atomic E-state index is 12.8. The molecule has 1 amide bonds. The first-order valence-electron chi connectivity index (χ1n) is 8.85. The molecule has 0 saturated carbocycles. The summed E-state index contributed by atoms with van der Waals surface area (Å²) < 4.78 is 21.7. The van der Waals surface area contributed by atoms with Crippen LogP contribution in [0.3, 0.4) is 0 Å². The van der Waals surface area contributed by atoms with Gasteiger partial charge >= 0.3 is 0 Å². The molecule has 2 aliphatic heterocycles. The largest absolute Gasteiger partial charge is 0.454 e. The summed E-state index contributed by atoms with van der Waals surface area (Å²) in [5.41, 5.74) is 0.597. The van der Waals surface area contributed by atoms with E-state index in [-0.39, 0.29) is 25.4 Å². The van der Waals surface area contributed by atoms with Gasteiger partial charge in [-0.1, -0.05) is 12.1 Å². The molecular weight excluding hydrogens is 338 g/mol. The van der Waals surface area contributed by atoms with E-state index in [0.29, 0.717) is 41.9 Å². The molecule has 138 valence electrons. The van der Waals surface area contributed by atoms with E-state index in [0.717, 1.165) is 19.3 Å². The van der Waals surface area contributed by atoms with Crippen LogP contribution < -0.4 is 9.47 Å². The van der Waals surface area contributed by atoms with E-state index in [1.54, 1.807) is 18.2 Å². The summed E-state index contributed by atoms with van der Waals surface area (Å²) in [5.74, 6) is 2.41. The van der Waals surface area contributed by atoms with Gasteiger partial charge in [-0.15, -0.1) is 0 Å². The van der Waals surface area contributed by atoms with Crippen molar-refractivity contribution in [3.63, 3.8) is 0 Å². The van der Waals surface area contributed by atoms with Gasteiger partial charge in [0.2, 0.25) is 6.79 Å². The fourth-order valence-corrected chi connectivity index (χ4v) is 3.15. The third kappa shape index (κ3) is 3.50. The summed E-state index contributed by atoms with van der Waals surface area (Å²) in [7, 11) is 0. The fourth-order valence-electron chi connectivity index (χ4n) is 3.15. The molecule has 0 bridgehead atoms. The smallest absolute Gasteiger partial charge is 0.254 e. The molecule has 3 heterocycles. The van der Waals surface area contributed by atoms with Gasteiger partial charge in [-0.3, -0.25) is 4.79 Å². The van der Waals surface area contributed by atoms with E-state index in [9.17, 15) is 4.79 Å². The lowest BCUT2D eigenvalue weighted by molar-refractivity contribution is -0.0153. The molecule has 0 radical (unpaired) electrons. The Kier molecular flexibility index (Phi) is 4.75. The second kappa shape index (κ2) is 7.33. The number of nitrogens with zero attached hydrogens (tertiary/aromatic N) is 3. The number of carbonyl (C=O) groups excluding carboxylic acids is 1. The first kappa shape index (κ1) is 16.8. The van der Waals surface area contributed by atoms with Crippen molar-refractivity contribution in [1.82, 2.24) is 15.0 Å². The maximum Gasteiger partial charge on any atom is 0.254 e. The highest BCUT2D eigenvalue weighted by Crippen LogP contribution is 2.33. The number of piperidine rings is 1. The summed E-state index contributed by atoms with van der Waals surface area (Å²) in [6, 6.07) is 5.28. The lowest BCUT2D eigenvalue weighted by Gasteiger charge is -2.32. The number of aromatic nitrogens is 2. The molecule has 2 aliphatic rings. The summed E-state index contributed by atoms with van der Waals surface area (Å²) in [6.45, 7) is 3.69. The predicted molar refractivity (Wildman–Crippen MR) is 90.0 cm³/mol. The van der Waals surface area contributed by atoms with Gasteiger partial charge in [0.25, 0.3) is 11.8 Å². The Morgan fingerprint density at radius 3 is 3.08 bits per heavy atom. The van der Waals surface area contributed by atoms with Gasteiger partial charge in [-0.05, 0) is 31.0 Å². The van der Waals surface area contributed by atoms with Crippen molar-refractivity contribution in [2.45, 2.75) is 38.9 Å². The average molecular weight is 359 g/mol. The Morgan fingerprint density at radius 2 is 2.23 bits per heavy atom. The Balaban J connectivity index is 1.36. The van der Waals surface area contributed by atoms with Gasteiger partial charge in [-0.25, -0.2) is 0 Å². The number of carbonyl (C=O) groups is 1. The molecule has 8 heteroatoms. The van der Waals surface area contributed by atoms with Crippen molar-refractivity contribution < 1.29 is 23.5 Å². The number of ether oxygens (including phenoxy) is 3. The Labute approximate surface area is 151 Å². The van der Waals surface area contributed by atoms with Crippen LogP contribution >= 0.6 is 0 Å². The van der Waals surface area contributed by atoms with E-state index >= 15 is 0 Å². The highest BCUT2D eigenvalue weighted by molar-refractivity contribution is 5.95. The highest BCUT2D eigenvalue weighted by Gasteiger charge is 2.26. The molecule has 1 aromatic carbocycles. The van der Waals surface area contributed by atoms with Gasteiger partial charge in [0.05, 0.1) is 6.10 Å². The molecule has 2 aromatic rings. The fraction of sp³-hybridized carbons (Fsp3) is 0.500. The topological polar surface area (TPSA) is 86.9 Å². The Bertz CT molecular complexity index is 791. The molecule has 0 spiro atoms. The molecule has 1 atom stereocenters. The Hall–Kier alpha value is -2.61. The van der Waals surface area contributed by atoms with Crippen molar-refractivity contribution in [2.24, 2.45) is 0 Å². The van der Waals surface area contributed by atoms with Crippen molar-refractivity contribution in [1.29, 1.82) is 0 Å². The van der Waals surface area contributed by atoms with Crippen LogP contribution in [0.2, 0.25) is 0 Å². The van der Waals surface area contributed by atoms with Crippen LogP contribution in [0, 0.1) is 0 Å². The molecule has 26 heavy (non-hydrogen) atoms. The number of amides is 1. The molecule has 1 fully saturated rings. The van der Waals surface area contributed by atoms with E-state index in [1.165, 1.54) is 0 Å². The molecular formula is C18H21N3O5. The maximum absolute atomic E-state index is 12.8. The second-order valence-corrected chi connectivity index (χ2v) is 6.35. The summed E-state index contributed by atoms with van der Waals surface area (Å²) in [4.78, 5) is 18.9. The van der Waals surface area contributed by atoms with Crippen LogP contribution in [0.4, 0.5) is 0 Å². The molecule has 4 rings (SSSR count). The van der Waals surface area contributed by atoms with Crippen molar-refractivity contribution in [3.05, 3.63) is 35.5 Å². The van der Waals surface area contributed by atoms with Gasteiger partial charge in [0, 0.05) is 25.1 Å². The molecule has 1 saturated heterocycles. The number of hydrogen-bond donors (Lipinski definition) is 0.